The Hall–Kier alpha value is -1.41. The number of hydrogen-bond donors (Lipinski definition) is 1. The van der Waals surface area contributed by atoms with E-state index in [2.05, 4.69) is 47.6 Å². The van der Waals surface area contributed by atoms with Crippen molar-refractivity contribution >= 4 is 10.9 Å². The largest absolute Gasteiger partial charge is 0.314 e. The average molecular weight is 268 g/mol. The van der Waals surface area contributed by atoms with E-state index in [0.717, 1.165) is 18.0 Å². The molecule has 1 aromatic carbocycles. The summed E-state index contributed by atoms with van der Waals surface area (Å²) in [5, 5.41) is 5.02. The summed E-state index contributed by atoms with van der Waals surface area (Å²) in [5.41, 5.74) is 2.59. The number of aromatic nitrogens is 1. The highest BCUT2D eigenvalue weighted by atomic mass is 14.9. The Labute approximate surface area is 121 Å². The molecule has 2 unspecified atom stereocenters. The van der Waals surface area contributed by atoms with Crippen molar-refractivity contribution in [3.05, 3.63) is 42.1 Å². The fraction of sp³-hybridized carbons (Fsp3) is 0.500. The van der Waals surface area contributed by atoms with Gasteiger partial charge in [-0.05, 0) is 49.4 Å². The molecule has 2 atom stereocenters. The van der Waals surface area contributed by atoms with Crippen molar-refractivity contribution < 1.29 is 0 Å². The Kier molecular flexibility index (Phi) is 4.31. The second kappa shape index (κ2) is 6.36. The molecule has 1 aliphatic rings. The number of pyridine rings is 1. The molecule has 20 heavy (non-hydrogen) atoms. The molecule has 0 bridgehead atoms. The Morgan fingerprint density at radius 3 is 2.90 bits per heavy atom. The fourth-order valence-corrected chi connectivity index (χ4v) is 3.60. The zero-order valence-corrected chi connectivity index (χ0v) is 12.3. The van der Waals surface area contributed by atoms with E-state index in [0.29, 0.717) is 6.04 Å². The first-order chi connectivity index (χ1) is 9.88. The summed E-state index contributed by atoms with van der Waals surface area (Å²) in [5.74, 6) is 0.773. The second-order valence-electron chi connectivity index (χ2n) is 5.90. The smallest absolute Gasteiger partial charge is 0.0704 e. The third-order valence-electron chi connectivity index (χ3n) is 4.60. The molecule has 1 aliphatic carbocycles. The van der Waals surface area contributed by atoms with Gasteiger partial charge in [-0.25, -0.2) is 0 Å². The van der Waals surface area contributed by atoms with Gasteiger partial charge < -0.3 is 5.32 Å². The van der Waals surface area contributed by atoms with Crippen LogP contribution in [0.3, 0.4) is 0 Å². The highest BCUT2D eigenvalue weighted by Crippen LogP contribution is 2.29. The molecule has 0 amide bonds. The first-order valence-electron chi connectivity index (χ1n) is 7.94. The lowest BCUT2D eigenvalue weighted by Crippen LogP contribution is -2.39. The topological polar surface area (TPSA) is 24.9 Å². The van der Waals surface area contributed by atoms with Gasteiger partial charge in [0.1, 0.15) is 0 Å². The van der Waals surface area contributed by atoms with E-state index in [-0.39, 0.29) is 0 Å². The number of rotatable bonds is 4. The van der Waals surface area contributed by atoms with Gasteiger partial charge in [0.25, 0.3) is 0 Å². The molecular weight excluding hydrogens is 244 g/mol. The maximum atomic E-state index is 4.47. The van der Waals surface area contributed by atoms with Gasteiger partial charge >= 0.3 is 0 Å². The van der Waals surface area contributed by atoms with Gasteiger partial charge in [-0.1, -0.05) is 38.0 Å². The molecule has 0 aliphatic heterocycles. The van der Waals surface area contributed by atoms with Crippen LogP contribution in [0.5, 0.6) is 0 Å². The van der Waals surface area contributed by atoms with E-state index in [1.165, 1.54) is 43.1 Å². The van der Waals surface area contributed by atoms with Crippen LogP contribution < -0.4 is 5.32 Å². The van der Waals surface area contributed by atoms with Crippen molar-refractivity contribution in [1.82, 2.24) is 10.3 Å². The van der Waals surface area contributed by atoms with Crippen LogP contribution >= 0.6 is 0 Å². The van der Waals surface area contributed by atoms with Crippen LogP contribution in [-0.4, -0.2) is 17.6 Å². The SMILES string of the molecule is CCNC1CCCCC1Cc1ccnc2ccccc12. The quantitative estimate of drug-likeness (QED) is 0.908. The third kappa shape index (κ3) is 2.85. The molecule has 1 aromatic heterocycles. The van der Waals surface area contributed by atoms with Gasteiger partial charge in [0.15, 0.2) is 0 Å². The summed E-state index contributed by atoms with van der Waals surface area (Å²) in [6, 6.07) is 11.4. The van der Waals surface area contributed by atoms with Crippen LogP contribution in [0.25, 0.3) is 10.9 Å². The number of nitrogens with one attached hydrogen (secondary N) is 1. The van der Waals surface area contributed by atoms with Crippen LogP contribution in [0.1, 0.15) is 38.2 Å². The van der Waals surface area contributed by atoms with E-state index in [4.69, 9.17) is 0 Å². The molecule has 0 radical (unpaired) electrons. The minimum absolute atomic E-state index is 0.695. The van der Waals surface area contributed by atoms with Crippen molar-refractivity contribution in [2.24, 2.45) is 5.92 Å². The monoisotopic (exact) mass is 268 g/mol. The summed E-state index contributed by atoms with van der Waals surface area (Å²) in [4.78, 5) is 4.47. The molecule has 106 valence electrons. The van der Waals surface area contributed by atoms with Gasteiger partial charge in [0, 0.05) is 17.6 Å². The van der Waals surface area contributed by atoms with Gasteiger partial charge in [0.05, 0.1) is 5.52 Å². The zero-order chi connectivity index (χ0) is 13.8. The lowest BCUT2D eigenvalue weighted by molar-refractivity contribution is 0.264. The number of benzene rings is 1. The van der Waals surface area contributed by atoms with E-state index in [1.807, 2.05) is 6.20 Å². The molecule has 1 saturated carbocycles. The molecule has 0 spiro atoms. The van der Waals surface area contributed by atoms with E-state index in [1.54, 1.807) is 0 Å². The standard InChI is InChI=1S/C18H24N2/c1-2-19-17-9-5-3-7-15(17)13-14-11-12-20-18-10-6-4-8-16(14)18/h4,6,8,10-12,15,17,19H,2-3,5,7,9,13H2,1H3. The summed E-state index contributed by atoms with van der Waals surface area (Å²) >= 11 is 0. The van der Waals surface area contributed by atoms with Crippen molar-refractivity contribution in [1.29, 1.82) is 0 Å². The third-order valence-corrected chi connectivity index (χ3v) is 4.60. The maximum Gasteiger partial charge on any atom is 0.0704 e. The van der Waals surface area contributed by atoms with E-state index in [9.17, 15) is 0 Å². The van der Waals surface area contributed by atoms with Crippen LogP contribution in [0.2, 0.25) is 0 Å². The highest BCUT2D eigenvalue weighted by molar-refractivity contribution is 5.81. The molecule has 1 heterocycles. The number of para-hydroxylation sites is 1. The fourth-order valence-electron chi connectivity index (χ4n) is 3.60. The van der Waals surface area contributed by atoms with Crippen LogP contribution in [0.4, 0.5) is 0 Å². The van der Waals surface area contributed by atoms with Gasteiger partial charge in [0.2, 0.25) is 0 Å². The number of fused-ring (bicyclic) bond motifs is 1. The molecule has 1 fully saturated rings. The number of hydrogen-bond acceptors (Lipinski definition) is 2. The molecule has 2 aromatic rings. The molecule has 2 heteroatoms. The summed E-state index contributed by atoms with van der Waals surface area (Å²) in [7, 11) is 0. The Morgan fingerprint density at radius 2 is 2.00 bits per heavy atom. The Bertz CT molecular complexity index is 557. The summed E-state index contributed by atoms with van der Waals surface area (Å²) in [6.45, 7) is 3.30. The average Bonchev–Trinajstić information content (AvgIpc) is 2.50. The predicted molar refractivity (Wildman–Crippen MR) is 84.9 cm³/mol. The zero-order valence-electron chi connectivity index (χ0n) is 12.3. The molecular formula is C18H24N2. The van der Waals surface area contributed by atoms with Gasteiger partial charge in [-0.3, -0.25) is 4.98 Å². The molecule has 0 saturated heterocycles. The first kappa shape index (κ1) is 13.6. The maximum absolute atomic E-state index is 4.47. The Morgan fingerprint density at radius 1 is 1.15 bits per heavy atom. The van der Waals surface area contributed by atoms with E-state index >= 15 is 0 Å². The minimum Gasteiger partial charge on any atom is -0.314 e. The van der Waals surface area contributed by atoms with Crippen LogP contribution in [0, 0.1) is 5.92 Å². The van der Waals surface area contributed by atoms with Gasteiger partial charge in [-0.2, -0.15) is 0 Å². The van der Waals surface area contributed by atoms with Crippen molar-refractivity contribution in [2.75, 3.05) is 6.54 Å². The van der Waals surface area contributed by atoms with E-state index < -0.39 is 0 Å². The van der Waals surface area contributed by atoms with Crippen molar-refractivity contribution in [2.45, 2.75) is 45.1 Å². The summed E-state index contributed by atoms with van der Waals surface area (Å²) < 4.78 is 0. The molecule has 1 N–H and O–H groups in total. The summed E-state index contributed by atoms with van der Waals surface area (Å²) in [6.07, 6.45) is 8.60. The number of nitrogens with zero attached hydrogens (tertiary/aromatic N) is 1. The predicted octanol–water partition coefficient (Wildman–Crippen LogP) is 3.95. The van der Waals surface area contributed by atoms with Crippen LogP contribution in [-0.2, 0) is 6.42 Å². The normalized spacial score (nSPS) is 23.1. The lowest BCUT2D eigenvalue weighted by Gasteiger charge is -2.32. The lowest BCUT2D eigenvalue weighted by atomic mass is 9.80. The first-order valence-corrected chi connectivity index (χ1v) is 7.94. The highest BCUT2D eigenvalue weighted by Gasteiger charge is 2.24. The van der Waals surface area contributed by atoms with Crippen molar-refractivity contribution in [3.63, 3.8) is 0 Å². The van der Waals surface area contributed by atoms with Crippen LogP contribution in [0.15, 0.2) is 36.5 Å². The minimum atomic E-state index is 0.695. The molecule has 3 rings (SSSR count). The molecule has 2 nitrogen and oxygen atoms in total. The van der Waals surface area contributed by atoms with Gasteiger partial charge in [-0.15, -0.1) is 0 Å². The van der Waals surface area contributed by atoms with Crippen molar-refractivity contribution in [3.8, 4) is 0 Å². The Balaban J connectivity index is 1.84. The second-order valence-corrected chi connectivity index (χ2v) is 5.90.